The van der Waals surface area contributed by atoms with Crippen molar-refractivity contribution < 1.29 is 13.9 Å². The Labute approximate surface area is 113 Å². The van der Waals surface area contributed by atoms with Crippen LogP contribution in [0.1, 0.15) is 13.8 Å². The van der Waals surface area contributed by atoms with E-state index in [9.17, 15) is 9.18 Å². The Morgan fingerprint density at radius 3 is 2.63 bits per heavy atom. The topological polar surface area (TPSA) is 50.4 Å². The first kappa shape index (κ1) is 15.4. The number of benzene rings is 1. The van der Waals surface area contributed by atoms with Crippen molar-refractivity contribution in [2.45, 2.75) is 20.0 Å². The van der Waals surface area contributed by atoms with Crippen LogP contribution in [0.25, 0.3) is 0 Å². The minimum Gasteiger partial charge on any atom is -0.486 e. The number of carbonyl (C=O) groups excluding carboxylic acids is 1. The molecule has 0 aliphatic heterocycles. The lowest BCUT2D eigenvalue weighted by atomic mass is 10.1. The number of para-hydroxylation sites is 1. The largest absolute Gasteiger partial charge is 0.486 e. The Kier molecular flexibility index (Phi) is 6.29. The summed E-state index contributed by atoms with van der Waals surface area (Å²) in [7, 11) is 1.80. The first-order valence-corrected chi connectivity index (χ1v) is 6.38. The van der Waals surface area contributed by atoms with Crippen LogP contribution in [-0.4, -0.2) is 32.1 Å². The number of hydrogen-bond donors (Lipinski definition) is 2. The summed E-state index contributed by atoms with van der Waals surface area (Å²) < 4.78 is 18.8. The Hall–Kier alpha value is -1.62. The van der Waals surface area contributed by atoms with Crippen LogP contribution in [0, 0.1) is 11.7 Å². The van der Waals surface area contributed by atoms with E-state index in [-0.39, 0.29) is 23.7 Å². The Bertz CT molecular complexity index is 412. The van der Waals surface area contributed by atoms with E-state index in [1.807, 2.05) is 6.92 Å². The van der Waals surface area contributed by atoms with Gasteiger partial charge < -0.3 is 15.4 Å². The predicted molar refractivity (Wildman–Crippen MR) is 72.6 cm³/mol. The molecule has 0 bridgehead atoms. The maximum absolute atomic E-state index is 13.4. The summed E-state index contributed by atoms with van der Waals surface area (Å²) in [6.45, 7) is 4.60. The van der Waals surface area contributed by atoms with Crippen LogP contribution in [0.15, 0.2) is 24.3 Å². The molecule has 0 spiro atoms. The second-order valence-electron chi connectivity index (χ2n) is 4.56. The van der Waals surface area contributed by atoms with Gasteiger partial charge in [0.15, 0.2) is 11.6 Å². The Morgan fingerprint density at radius 1 is 1.32 bits per heavy atom. The predicted octanol–water partition coefficient (Wildman–Crippen LogP) is 1.56. The van der Waals surface area contributed by atoms with E-state index in [1.54, 1.807) is 32.2 Å². The quantitative estimate of drug-likeness (QED) is 0.789. The van der Waals surface area contributed by atoms with E-state index < -0.39 is 5.82 Å². The first-order chi connectivity index (χ1) is 9.04. The third-order valence-electron chi connectivity index (χ3n) is 2.69. The van der Waals surface area contributed by atoms with Gasteiger partial charge in [0.25, 0.3) is 0 Å². The molecule has 106 valence electrons. The van der Waals surface area contributed by atoms with Crippen LogP contribution in [0.5, 0.6) is 5.75 Å². The molecule has 0 aliphatic carbocycles. The summed E-state index contributed by atoms with van der Waals surface area (Å²) in [5, 5.41) is 5.72. The highest BCUT2D eigenvalue weighted by Gasteiger charge is 2.13. The fourth-order valence-electron chi connectivity index (χ4n) is 1.62. The molecule has 5 heteroatoms. The van der Waals surface area contributed by atoms with Crippen molar-refractivity contribution in [1.29, 1.82) is 0 Å². The van der Waals surface area contributed by atoms with Crippen molar-refractivity contribution in [3.05, 3.63) is 30.1 Å². The van der Waals surface area contributed by atoms with E-state index in [1.165, 1.54) is 6.07 Å². The average molecular weight is 268 g/mol. The van der Waals surface area contributed by atoms with Gasteiger partial charge in [-0.1, -0.05) is 19.1 Å². The van der Waals surface area contributed by atoms with E-state index >= 15 is 0 Å². The Morgan fingerprint density at radius 2 is 2.00 bits per heavy atom. The molecule has 2 unspecified atom stereocenters. The molecule has 1 rings (SSSR count). The molecular weight excluding hydrogens is 247 g/mol. The molecule has 1 aromatic rings. The van der Waals surface area contributed by atoms with Crippen LogP contribution in [-0.2, 0) is 4.79 Å². The normalized spacial score (nSPS) is 13.7. The highest BCUT2D eigenvalue weighted by molar-refractivity contribution is 5.78. The van der Waals surface area contributed by atoms with Crippen molar-refractivity contribution in [3.63, 3.8) is 0 Å². The van der Waals surface area contributed by atoms with Gasteiger partial charge in [0.05, 0.1) is 6.54 Å². The summed E-state index contributed by atoms with van der Waals surface area (Å²) in [5.74, 6) is -0.347. The monoisotopic (exact) mass is 268 g/mol. The zero-order valence-corrected chi connectivity index (χ0v) is 11.6. The van der Waals surface area contributed by atoms with Gasteiger partial charge in [0.2, 0.25) is 5.91 Å². The van der Waals surface area contributed by atoms with Crippen LogP contribution in [0.3, 0.4) is 0 Å². The second kappa shape index (κ2) is 7.74. The van der Waals surface area contributed by atoms with Crippen LogP contribution < -0.4 is 15.4 Å². The lowest BCUT2D eigenvalue weighted by molar-refractivity contribution is -0.124. The number of rotatable bonds is 7. The maximum atomic E-state index is 13.4. The van der Waals surface area contributed by atoms with E-state index in [2.05, 4.69) is 10.6 Å². The number of halogens is 1. The van der Waals surface area contributed by atoms with E-state index in [4.69, 9.17) is 4.74 Å². The van der Waals surface area contributed by atoms with Crippen molar-refractivity contribution in [2.75, 3.05) is 20.1 Å². The van der Waals surface area contributed by atoms with Gasteiger partial charge in [0.1, 0.15) is 6.10 Å². The molecule has 2 N–H and O–H groups in total. The first-order valence-electron chi connectivity index (χ1n) is 6.38. The molecule has 2 atom stereocenters. The lowest BCUT2D eigenvalue weighted by Crippen LogP contribution is -2.39. The third-order valence-corrected chi connectivity index (χ3v) is 2.69. The summed E-state index contributed by atoms with van der Waals surface area (Å²) in [5.41, 5.74) is 0. The lowest BCUT2D eigenvalue weighted by Gasteiger charge is -2.17. The molecular formula is C14H21FN2O2. The van der Waals surface area contributed by atoms with Gasteiger partial charge in [-0.2, -0.15) is 0 Å². The summed E-state index contributed by atoms with van der Waals surface area (Å²) in [4.78, 5) is 11.7. The third kappa shape index (κ3) is 5.26. The van der Waals surface area contributed by atoms with Crippen LogP contribution in [0.4, 0.5) is 4.39 Å². The zero-order chi connectivity index (χ0) is 14.3. The highest BCUT2D eigenvalue weighted by atomic mass is 19.1. The molecule has 0 aromatic heterocycles. The van der Waals surface area contributed by atoms with Gasteiger partial charge in [-0.05, 0) is 26.1 Å². The number of hydrogen-bond acceptors (Lipinski definition) is 3. The van der Waals surface area contributed by atoms with Gasteiger partial charge >= 0.3 is 0 Å². The van der Waals surface area contributed by atoms with Crippen molar-refractivity contribution in [1.82, 2.24) is 10.6 Å². The smallest absolute Gasteiger partial charge is 0.224 e. The number of amides is 1. The maximum Gasteiger partial charge on any atom is 0.224 e. The summed E-state index contributed by atoms with van der Waals surface area (Å²) in [6.07, 6.45) is -0.289. The summed E-state index contributed by atoms with van der Waals surface area (Å²) in [6, 6.07) is 6.22. The van der Waals surface area contributed by atoms with Crippen LogP contribution >= 0.6 is 0 Å². The summed E-state index contributed by atoms with van der Waals surface area (Å²) >= 11 is 0. The fourth-order valence-corrected chi connectivity index (χ4v) is 1.62. The van der Waals surface area contributed by atoms with E-state index in [0.717, 1.165) is 0 Å². The molecule has 1 amide bonds. The highest BCUT2D eigenvalue weighted by Crippen LogP contribution is 2.16. The molecule has 1 aromatic carbocycles. The molecule has 0 aliphatic rings. The molecule has 0 saturated heterocycles. The molecule has 19 heavy (non-hydrogen) atoms. The van der Waals surface area contributed by atoms with Crippen LogP contribution in [0.2, 0.25) is 0 Å². The van der Waals surface area contributed by atoms with Gasteiger partial charge in [0, 0.05) is 12.5 Å². The molecule has 4 nitrogen and oxygen atoms in total. The molecule has 0 fully saturated rings. The van der Waals surface area contributed by atoms with Crippen molar-refractivity contribution in [3.8, 4) is 5.75 Å². The van der Waals surface area contributed by atoms with Crippen molar-refractivity contribution >= 4 is 5.91 Å². The number of carbonyl (C=O) groups is 1. The second-order valence-corrected chi connectivity index (χ2v) is 4.56. The van der Waals surface area contributed by atoms with Gasteiger partial charge in [-0.3, -0.25) is 4.79 Å². The Balaban J connectivity index is 2.38. The minimum atomic E-state index is -0.399. The van der Waals surface area contributed by atoms with Gasteiger partial charge in [-0.15, -0.1) is 0 Å². The molecule has 0 saturated carbocycles. The number of ether oxygens (including phenoxy) is 1. The fraction of sp³-hybridized carbons (Fsp3) is 0.500. The SMILES string of the molecule is CNCC(C)C(=O)NCC(C)Oc1ccccc1F. The average Bonchev–Trinajstić information content (AvgIpc) is 2.39. The number of nitrogens with one attached hydrogen (secondary N) is 2. The van der Waals surface area contributed by atoms with Gasteiger partial charge in [-0.25, -0.2) is 4.39 Å². The molecule has 0 radical (unpaired) electrons. The molecule has 0 heterocycles. The van der Waals surface area contributed by atoms with Crippen molar-refractivity contribution in [2.24, 2.45) is 5.92 Å². The zero-order valence-electron chi connectivity index (χ0n) is 11.6. The minimum absolute atomic E-state index is 0.0432. The standard InChI is InChI=1S/C14H21FN2O2/c1-10(8-16-3)14(18)17-9-11(2)19-13-7-5-4-6-12(13)15/h4-7,10-11,16H,8-9H2,1-3H3,(H,17,18). The van der Waals surface area contributed by atoms with E-state index in [0.29, 0.717) is 13.1 Å².